The van der Waals surface area contributed by atoms with Gasteiger partial charge in [0.25, 0.3) is 0 Å². The van der Waals surface area contributed by atoms with E-state index in [9.17, 15) is 4.79 Å². The Labute approximate surface area is 100 Å². The molecule has 3 nitrogen and oxygen atoms in total. The fraction of sp³-hybridized carbons (Fsp3) is 0.357. The second kappa shape index (κ2) is 3.62. The number of allylic oxidation sites excluding steroid dienone is 3. The fourth-order valence-electron chi connectivity index (χ4n) is 3.16. The van der Waals surface area contributed by atoms with Crippen LogP contribution in [-0.2, 0) is 9.53 Å². The molecule has 1 heterocycles. The van der Waals surface area contributed by atoms with Crippen molar-refractivity contribution in [3.63, 3.8) is 0 Å². The van der Waals surface area contributed by atoms with Gasteiger partial charge >= 0.3 is 0 Å². The summed E-state index contributed by atoms with van der Waals surface area (Å²) < 4.78 is 5.90. The summed E-state index contributed by atoms with van der Waals surface area (Å²) in [5, 5.41) is 0. The normalized spacial score (nSPS) is 37.8. The van der Waals surface area contributed by atoms with Crippen LogP contribution in [0, 0.1) is 11.8 Å². The minimum Gasteiger partial charge on any atom is -0.490 e. The van der Waals surface area contributed by atoms with E-state index in [2.05, 4.69) is 12.2 Å². The number of amides is 1. The number of hydrogen-bond donors (Lipinski definition) is 1. The van der Waals surface area contributed by atoms with Gasteiger partial charge in [0, 0.05) is 12.0 Å². The summed E-state index contributed by atoms with van der Waals surface area (Å²) in [5.74, 6) is 0.604. The molecular formula is C14H15NO2. The number of ether oxygens (including phenoxy) is 1. The molecule has 3 aliphatic rings. The van der Waals surface area contributed by atoms with Crippen LogP contribution in [0.2, 0.25) is 0 Å². The maximum absolute atomic E-state index is 10.8. The molecule has 0 aromatic heterocycles. The summed E-state index contributed by atoms with van der Waals surface area (Å²) >= 11 is 0. The van der Waals surface area contributed by atoms with Crippen molar-refractivity contribution in [2.24, 2.45) is 17.6 Å². The zero-order valence-electron chi connectivity index (χ0n) is 9.50. The molecule has 1 saturated carbocycles. The van der Waals surface area contributed by atoms with Gasteiger partial charge < -0.3 is 10.5 Å². The van der Waals surface area contributed by atoms with Crippen molar-refractivity contribution in [3.05, 3.63) is 48.3 Å². The number of carbonyl (C=O) groups is 1. The molecule has 2 bridgehead atoms. The first-order valence-electron chi connectivity index (χ1n) is 5.92. The molecule has 0 aromatic carbocycles. The molecule has 88 valence electrons. The van der Waals surface area contributed by atoms with Crippen molar-refractivity contribution in [1.82, 2.24) is 0 Å². The molecule has 3 unspecified atom stereocenters. The fourth-order valence-corrected chi connectivity index (χ4v) is 3.16. The van der Waals surface area contributed by atoms with Gasteiger partial charge in [0.05, 0.1) is 6.26 Å². The van der Waals surface area contributed by atoms with Crippen LogP contribution in [0.1, 0.15) is 12.8 Å². The summed E-state index contributed by atoms with van der Waals surface area (Å²) in [7, 11) is 0. The van der Waals surface area contributed by atoms with E-state index in [0.29, 0.717) is 11.8 Å². The molecule has 3 heteroatoms. The van der Waals surface area contributed by atoms with Gasteiger partial charge in [-0.1, -0.05) is 18.2 Å². The van der Waals surface area contributed by atoms with E-state index >= 15 is 0 Å². The minimum atomic E-state index is -0.422. The van der Waals surface area contributed by atoms with Gasteiger partial charge in [-0.25, -0.2) is 0 Å². The number of nitrogens with two attached hydrogens (primary N) is 1. The topological polar surface area (TPSA) is 52.3 Å². The van der Waals surface area contributed by atoms with Crippen molar-refractivity contribution >= 4 is 5.91 Å². The molecular weight excluding hydrogens is 214 g/mol. The first kappa shape index (κ1) is 10.4. The number of primary amides is 1. The number of hydrogen-bond acceptors (Lipinski definition) is 2. The first-order chi connectivity index (χ1) is 8.21. The monoisotopic (exact) mass is 229 g/mol. The van der Waals surface area contributed by atoms with Crippen molar-refractivity contribution < 1.29 is 9.53 Å². The predicted molar refractivity (Wildman–Crippen MR) is 64.7 cm³/mol. The first-order valence-corrected chi connectivity index (χ1v) is 5.92. The predicted octanol–water partition coefficient (Wildman–Crippen LogP) is 1.83. The van der Waals surface area contributed by atoms with Gasteiger partial charge in [-0.05, 0) is 36.5 Å². The Bertz CT molecular complexity index is 473. The van der Waals surface area contributed by atoms with Crippen LogP contribution in [0.3, 0.4) is 0 Å². The van der Waals surface area contributed by atoms with Crippen LogP contribution in [-0.4, -0.2) is 11.5 Å². The van der Waals surface area contributed by atoms with Crippen LogP contribution < -0.4 is 5.73 Å². The smallest absolute Gasteiger partial charge is 0.241 e. The lowest BCUT2D eigenvalue weighted by Crippen LogP contribution is -2.38. The molecule has 1 fully saturated rings. The molecule has 1 aliphatic heterocycles. The highest BCUT2D eigenvalue weighted by Gasteiger charge is 2.52. The van der Waals surface area contributed by atoms with Gasteiger partial charge in [-0.15, -0.1) is 0 Å². The van der Waals surface area contributed by atoms with Crippen molar-refractivity contribution in [1.29, 1.82) is 0 Å². The average molecular weight is 229 g/mol. The Morgan fingerprint density at radius 2 is 2.41 bits per heavy atom. The van der Waals surface area contributed by atoms with Crippen molar-refractivity contribution in [2.45, 2.75) is 18.4 Å². The van der Waals surface area contributed by atoms with Crippen LogP contribution in [0.4, 0.5) is 0 Å². The van der Waals surface area contributed by atoms with E-state index in [-0.39, 0.29) is 5.60 Å². The summed E-state index contributed by atoms with van der Waals surface area (Å²) in [6.07, 6.45) is 15.5. The number of fused-ring (bicyclic) bond motifs is 3. The van der Waals surface area contributed by atoms with Crippen LogP contribution in [0.5, 0.6) is 0 Å². The van der Waals surface area contributed by atoms with E-state index < -0.39 is 5.91 Å². The minimum absolute atomic E-state index is 0.264. The highest BCUT2D eigenvalue weighted by molar-refractivity contribution is 5.86. The highest BCUT2D eigenvalue weighted by atomic mass is 16.5. The third kappa shape index (κ3) is 1.54. The summed E-state index contributed by atoms with van der Waals surface area (Å²) in [5.41, 5.74) is 5.93. The quantitative estimate of drug-likeness (QED) is 0.580. The summed E-state index contributed by atoms with van der Waals surface area (Å²) in [6.45, 7) is 0. The second-order valence-corrected chi connectivity index (χ2v) is 4.88. The van der Waals surface area contributed by atoms with Gasteiger partial charge in [0.15, 0.2) is 0 Å². The SMILES string of the molecule is NC(=O)C=CC1=CC=COC12CC1C=CC2C1. The summed E-state index contributed by atoms with van der Waals surface area (Å²) in [6, 6.07) is 0. The van der Waals surface area contributed by atoms with Gasteiger partial charge in [-0.3, -0.25) is 4.79 Å². The highest BCUT2D eigenvalue weighted by Crippen LogP contribution is 2.53. The lowest BCUT2D eigenvalue weighted by Gasteiger charge is -2.37. The van der Waals surface area contributed by atoms with E-state index in [1.807, 2.05) is 12.2 Å². The maximum atomic E-state index is 10.8. The molecule has 17 heavy (non-hydrogen) atoms. The molecule has 3 rings (SSSR count). The number of carbonyl (C=O) groups excluding carboxylic acids is 1. The van der Waals surface area contributed by atoms with E-state index in [0.717, 1.165) is 18.4 Å². The van der Waals surface area contributed by atoms with Gasteiger partial charge in [0.2, 0.25) is 5.91 Å². The Hall–Kier alpha value is -1.77. The van der Waals surface area contributed by atoms with Crippen molar-refractivity contribution in [3.8, 4) is 0 Å². The molecule has 1 amide bonds. The second-order valence-electron chi connectivity index (χ2n) is 4.88. The zero-order chi connectivity index (χ0) is 11.9. The van der Waals surface area contributed by atoms with Crippen LogP contribution >= 0.6 is 0 Å². The Morgan fingerprint density at radius 3 is 3.06 bits per heavy atom. The lowest BCUT2D eigenvalue weighted by atomic mass is 9.80. The van der Waals surface area contributed by atoms with E-state index in [4.69, 9.17) is 10.5 Å². The van der Waals surface area contributed by atoms with Crippen LogP contribution in [0.25, 0.3) is 0 Å². The third-order valence-electron chi connectivity index (χ3n) is 3.89. The maximum Gasteiger partial charge on any atom is 0.241 e. The molecule has 0 aromatic rings. The number of rotatable bonds is 2. The lowest BCUT2D eigenvalue weighted by molar-refractivity contribution is -0.113. The summed E-state index contributed by atoms with van der Waals surface area (Å²) in [4.78, 5) is 10.8. The van der Waals surface area contributed by atoms with Gasteiger partial charge in [0.1, 0.15) is 5.60 Å². The molecule has 0 saturated heterocycles. The largest absolute Gasteiger partial charge is 0.490 e. The Balaban J connectivity index is 1.94. The molecule has 0 radical (unpaired) electrons. The molecule has 1 spiro atoms. The Kier molecular flexibility index (Phi) is 2.21. The zero-order valence-corrected chi connectivity index (χ0v) is 9.50. The van der Waals surface area contributed by atoms with E-state index in [1.54, 1.807) is 12.3 Å². The Morgan fingerprint density at radius 1 is 1.53 bits per heavy atom. The van der Waals surface area contributed by atoms with Crippen LogP contribution in [0.15, 0.2) is 48.3 Å². The standard InChI is InChI=1S/C14H15NO2/c15-13(16)6-5-11-2-1-7-17-14(11)9-10-3-4-12(14)8-10/h1-7,10,12H,8-9H2,(H2,15,16). The third-order valence-corrected chi connectivity index (χ3v) is 3.89. The molecule has 2 aliphatic carbocycles. The molecule has 3 atom stereocenters. The van der Waals surface area contributed by atoms with Crippen molar-refractivity contribution in [2.75, 3.05) is 0 Å². The van der Waals surface area contributed by atoms with Gasteiger partial charge in [-0.2, -0.15) is 0 Å². The van der Waals surface area contributed by atoms with E-state index in [1.165, 1.54) is 6.08 Å². The molecule has 2 N–H and O–H groups in total. The average Bonchev–Trinajstić information content (AvgIpc) is 2.88.